The van der Waals surface area contributed by atoms with Crippen LogP contribution < -0.4 is 0 Å². The minimum absolute atomic E-state index is 0.131. The van der Waals surface area contributed by atoms with E-state index >= 15 is 0 Å². The van der Waals surface area contributed by atoms with Crippen LogP contribution in [0.5, 0.6) is 0 Å². The van der Waals surface area contributed by atoms with Crippen molar-refractivity contribution in [3.05, 3.63) is 51.3 Å². The van der Waals surface area contributed by atoms with E-state index in [4.69, 9.17) is 27.9 Å². The fourth-order valence-corrected chi connectivity index (χ4v) is 2.52. The third-order valence-corrected chi connectivity index (χ3v) is 3.92. The van der Waals surface area contributed by atoms with Gasteiger partial charge >= 0.3 is 5.97 Å². The second-order valence-electron chi connectivity index (χ2n) is 4.69. The van der Waals surface area contributed by atoms with Gasteiger partial charge in [0.25, 0.3) is 0 Å². The first-order chi connectivity index (χ1) is 10.3. The number of halogens is 2. The Balaban J connectivity index is 2.75. The Kier molecular flexibility index (Phi) is 4.84. The van der Waals surface area contributed by atoms with E-state index in [2.05, 4.69) is 4.98 Å². The number of hydrogen-bond acceptors (Lipinski definition) is 4. The van der Waals surface area contributed by atoms with Gasteiger partial charge in [0, 0.05) is 11.3 Å². The van der Waals surface area contributed by atoms with Gasteiger partial charge in [-0.25, -0.2) is 9.78 Å². The van der Waals surface area contributed by atoms with E-state index in [1.807, 2.05) is 0 Å². The molecular weight excluding hydrogens is 325 g/mol. The predicted octanol–water partition coefficient (Wildman–Crippen LogP) is 4.35. The number of nitrogens with zero attached hydrogens (tertiary/aromatic N) is 1. The van der Waals surface area contributed by atoms with Crippen LogP contribution in [-0.2, 0) is 4.74 Å². The lowest BCUT2D eigenvalue weighted by Gasteiger charge is -2.12. The molecule has 0 atom stereocenters. The summed E-state index contributed by atoms with van der Waals surface area (Å²) in [6.45, 7) is 3.12. The lowest BCUT2D eigenvalue weighted by Crippen LogP contribution is -2.10. The van der Waals surface area contributed by atoms with Crippen LogP contribution in [0.15, 0.2) is 24.3 Å². The summed E-state index contributed by atoms with van der Waals surface area (Å²) >= 11 is 12.0. The highest BCUT2D eigenvalue weighted by Gasteiger charge is 2.19. The average Bonchev–Trinajstić information content (AvgIpc) is 2.47. The van der Waals surface area contributed by atoms with E-state index in [9.17, 15) is 9.59 Å². The van der Waals surface area contributed by atoms with Crippen LogP contribution >= 0.6 is 23.2 Å². The number of ether oxygens (including phenoxy) is 1. The first-order valence-electron chi connectivity index (χ1n) is 6.41. The molecule has 1 heterocycles. The lowest BCUT2D eigenvalue weighted by atomic mass is 9.96. The highest BCUT2D eigenvalue weighted by molar-refractivity contribution is 6.42. The minimum Gasteiger partial charge on any atom is -0.464 e. The number of pyridine rings is 1. The van der Waals surface area contributed by atoms with E-state index < -0.39 is 5.97 Å². The number of hydrogen-bond donors (Lipinski definition) is 0. The summed E-state index contributed by atoms with van der Waals surface area (Å²) in [7, 11) is 1.27. The second-order valence-corrected chi connectivity index (χ2v) is 5.51. The van der Waals surface area contributed by atoms with Crippen LogP contribution in [0, 0.1) is 6.92 Å². The summed E-state index contributed by atoms with van der Waals surface area (Å²) in [5.74, 6) is -0.720. The number of esters is 1. The number of carbonyl (C=O) groups is 2. The molecule has 0 bridgehead atoms. The Hall–Kier alpha value is -1.91. The number of methoxy groups -OCH3 is 1. The number of aromatic nitrogens is 1. The molecule has 1 aromatic carbocycles. The van der Waals surface area contributed by atoms with Gasteiger partial charge in [-0.1, -0.05) is 29.3 Å². The maximum atomic E-state index is 11.9. The number of rotatable bonds is 3. The predicted molar refractivity (Wildman–Crippen MR) is 85.8 cm³/mol. The minimum atomic E-state index is -0.570. The molecule has 1 aromatic heterocycles. The molecule has 0 spiro atoms. The number of ketones is 1. The molecule has 114 valence electrons. The van der Waals surface area contributed by atoms with Gasteiger partial charge in [0.15, 0.2) is 5.78 Å². The number of Topliss-reactive ketones (excluding diaryl/α,β-unsaturated/α-hetero) is 1. The molecule has 0 aliphatic heterocycles. The molecule has 0 aliphatic carbocycles. The van der Waals surface area contributed by atoms with E-state index in [1.165, 1.54) is 20.1 Å². The van der Waals surface area contributed by atoms with E-state index in [1.54, 1.807) is 25.1 Å². The molecule has 0 aliphatic rings. The molecule has 0 fully saturated rings. The summed E-state index contributed by atoms with van der Waals surface area (Å²) < 4.78 is 4.69. The molecule has 22 heavy (non-hydrogen) atoms. The molecule has 2 aromatic rings. The van der Waals surface area contributed by atoms with Crippen molar-refractivity contribution < 1.29 is 14.3 Å². The molecule has 0 unspecified atom stereocenters. The smallest absolute Gasteiger partial charge is 0.356 e. The van der Waals surface area contributed by atoms with Crippen molar-refractivity contribution in [2.75, 3.05) is 7.11 Å². The normalized spacial score (nSPS) is 10.4. The standard InChI is InChI=1S/C16H13Cl2NO3/c1-8-15(9(2)20)11(7-14(19-8)16(21)22-3)10-4-5-12(17)13(18)6-10/h4-7H,1-3H3. The van der Waals surface area contributed by atoms with Gasteiger partial charge in [0.2, 0.25) is 0 Å². The van der Waals surface area contributed by atoms with Crippen molar-refractivity contribution in [1.82, 2.24) is 4.98 Å². The van der Waals surface area contributed by atoms with Crippen LogP contribution in [0.1, 0.15) is 33.5 Å². The summed E-state index contributed by atoms with van der Waals surface area (Å²) in [6, 6.07) is 6.54. The fourth-order valence-electron chi connectivity index (χ4n) is 2.22. The summed E-state index contributed by atoms with van der Waals surface area (Å²) in [4.78, 5) is 27.8. The van der Waals surface area contributed by atoms with E-state index in [0.29, 0.717) is 32.4 Å². The number of benzene rings is 1. The number of aryl methyl sites for hydroxylation is 1. The highest BCUT2D eigenvalue weighted by Crippen LogP contribution is 2.32. The van der Waals surface area contributed by atoms with E-state index in [0.717, 1.165) is 0 Å². The molecule has 0 amide bonds. The second kappa shape index (κ2) is 6.46. The zero-order chi connectivity index (χ0) is 16.4. The van der Waals surface area contributed by atoms with Gasteiger partial charge in [0.1, 0.15) is 5.69 Å². The third-order valence-electron chi connectivity index (χ3n) is 3.18. The van der Waals surface area contributed by atoms with Crippen LogP contribution in [0.25, 0.3) is 11.1 Å². The van der Waals surface area contributed by atoms with Crippen LogP contribution in [-0.4, -0.2) is 23.8 Å². The van der Waals surface area contributed by atoms with Gasteiger partial charge in [0.05, 0.1) is 17.2 Å². The van der Waals surface area contributed by atoms with Gasteiger partial charge < -0.3 is 4.74 Å². The van der Waals surface area contributed by atoms with Crippen LogP contribution in [0.3, 0.4) is 0 Å². The molecule has 4 nitrogen and oxygen atoms in total. The first kappa shape index (κ1) is 16.5. The van der Waals surface area contributed by atoms with Crippen molar-refractivity contribution in [1.29, 1.82) is 0 Å². The third kappa shape index (κ3) is 3.13. The molecule has 6 heteroatoms. The Bertz CT molecular complexity index is 772. The topological polar surface area (TPSA) is 56.3 Å². The zero-order valence-corrected chi connectivity index (χ0v) is 13.7. The first-order valence-corrected chi connectivity index (χ1v) is 7.17. The summed E-state index contributed by atoms with van der Waals surface area (Å²) in [5.41, 5.74) is 2.27. The molecule has 0 N–H and O–H groups in total. The molecular formula is C16H13Cl2NO3. The van der Waals surface area contributed by atoms with Gasteiger partial charge in [-0.05, 0) is 43.2 Å². The zero-order valence-electron chi connectivity index (χ0n) is 12.2. The lowest BCUT2D eigenvalue weighted by molar-refractivity contribution is 0.0593. The quantitative estimate of drug-likeness (QED) is 0.617. The Labute approximate surface area is 138 Å². The van der Waals surface area contributed by atoms with E-state index in [-0.39, 0.29) is 11.5 Å². The molecule has 0 saturated carbocycles. The highest BCUT2D eigenvalue weighted by atomic mass is 35.5. The van der Waals surface area contributed by atoms with Crippen LogP contribution in [0.4, 0.5) is 0 Å². The SMILES string of the molecule is COC(=O)c1cc(-c2ccc(Cl)c(Cl)c2)c(C(C)=O)c(C)n1. The Morgan fingerprint density at radius 1 is 1.14 bits per heavy atom. The maximum absolute atomic E-state index is 11.9. The summed E-state index contributed by atoms with van der Waals surface area (Å²) in [6.07, 6.45) is 0. The van der Waals surface area contributed by atoms with Crippen molar-refractivity contribution in [2.24, 2.45) is 0 Å². The Morgan fingerprint density at radius 2 is 1.82 bits per heavy atom. The molecule has 0 radical (unpaired) electrons. The van der Waals surface area contributed by atoms with Crippen molar-refractivity contribution in [3.8, 4) is 11.1 Å². The monoisotopic (exact) mass is 337 g/mol. The Morgan fingerprint density at radius 3 is 2.36 bits per heavy atom. The fraction of sp³-hybridized carbons (Fsp3) is 0.188. The average molecular weight is 338 g/mol. The van der Waals surface area contributed by atoms with Gasteiger partial charge in [-0.3, -0.25) is 4.79 Å². The van der Waals surface area contributed by atoms with Gasteiger partial charge in [-0.2, -0.15) is 0 Å². The number of carbonyl (C=O) groups excluding carboxylic acids is 2. The molecule has 0 saturated heterocycles. The van der Waals surface area contributed by atoms with Crippen molar-refractivity contribution >= 4 is 35.0 Å². The van der Waals surface area contributed by atoms with Crippen molar-refractivity contribution in [3.63, 3.8) is 0 Å². The van der Waals surface area contributed by atoms with Crippen molar-refractivity contribution in [2.45, 2.75) is 13.8 Å². The maximum Gasteiger partial charge on any atom is 0.356 e. The largest absolute Gasteiger partial charge is 0.464 e. The summed E-state index contributed by atoms with van der Waals surface area (Å²) in [5, 5.41) is 0.775. The van der Waals surface area contributed by atoms with Gasteiger partial charge in [-0.15, -0.1) is 0 Å². The molecule has 2 rings (SSSR count). The van der Waals surface area contributed by atoms with Crippen LogP contribution in [0.2, 0.25) is 10.0 Å².